The van der Waals surface area contributed by atoms with Crippen LogP contribution in [-0.4, -0.2) is 11.6 Å². The highest BCUT2D eigenvalue weighted by molar-refractivity contribution is 9.10. The SMILES string of the molecule is Brc1ccc(-c2ncco2)cc1OCCCc1ccccc1. The zero-order valence-electron chi connectivity index (χ0n) is 12.0. The highest BCUT2D eigenvalue weighted by Gasteiger charge is 2.07. The van der Waals surface area contributed by atoms with Crippen LogP contribution in [0.15, 0.2) is 69.9 Å². The third kappa shape index (κ3) is 3.77. The molecule has 0 amide bonds. The third-order valence-corrected chi connectivity index (χ3v) is 3.98. The Morgan fingerprint density at radius 2 is 1.95 bits per heavy atom. The molecule has 0 aliphatic carbocycles. The molecule has 3 rings (SSSR count). The molecule has 0 bridgehead atoms. The van der Waals surface area contributed by atoms with Gasteiger partial charge in [-0.1, -0.05) is 30.3 Å². The van der Waals surface area contributed by atoms with E-state index >= 15 is 0 Å². The van der Waals surface area contributed by atoms with E-state index in [1.54, 1.807) is 12.5 Å². The lowest BCUT2D eigenvalue weighted by atomic mass is 10.1. The molecule has 0 unspecified atom stereocenters. The molecular weight excluding hydrogens is 342 g/mol. The number of nitrogens with zero attached hydrogens (tertiary/aromatic N) is 1. The molecular formula is C18H16BrNO2. The summed E-state index contributed by atoms with van der Waals surface area (Å²) >= 11 is 3.51. The maximum Gasteiger partial charge on any atom is 0.225 e. The fourth-order valence-electron chi connectivity index (χ4n) is 2.22. The van der Waals surface area contributed by atoms with Crippen LogP contribution in [0.3, 0.4) is 0 Å². The maximum atomic E-state index is 5.88. The van der Waals surface area contributed by atoms with Crippen molar-refractivity contribution < 1.29 is 9.15 Å². The lowest BCUT2D eigenvalue weighted by molar-refractivity contribution is 0.309. The van der Waals surface area contributed by atoms with E-state index in [4.69, 9.17) is 9.15 Å². The topological polar surface area (TPSA) is 35.3 Å². The number of hydrogen-bond acceptors (Lipinski definition) is 3. The van der Waals surface area contributed by atoms with Crippen molar-refractivity contribution in [3.05, 3.63) is 71.0 Å². The molecule has 2 aromatic carbocycles. The van der Waals surface area contributed by atoms with Crippen molar-refractivity contribution >= 4 is 15.9 Å². The van der Waals surface area contributed by atoms with Gasteiger partial charge in [0.2, 0.25) is 5.89 Å². The van der Waals surface area contributed by atoms with Gasteiger partial charge >= 0.3 is 0 Å². The fraction of sp³-hybridized carbons (Fsp3) is 0.167. The maximum absolute atomic E-state index is 5.88. The monoisotopic (exact) mass is 357 g/mol. The number of rotatable bonds is 6. The molecule has 0 saturated heterocycles. The van der Waals surface area contributed by atoms with Crippen LogP contribution >= 0.6 is 15.9 Å². The van der Waals surface area contributed by atoms with Gasteiger partial charge in [0.15, 0.2) is 0 Å². The third-order valence-electron chi connectivity index (χ3n) is 3.32. The molecule has 0 saturated carbocycles. The molecule has 0 atom stereocenters. The van der Waals surface area contributed by atoms with Gasteiger partial charge in [-0.3, -0.25) is 0 Å². The first kappa shape index (κ1) is 14.9. The second-order valence-corrected chi connectivity index (χ2v) is 5.77. The molecule has 22 heavy (non-hydrogen) atoms. The van der Waals surface area contributed by atoms with Crippen molar-refractivity contribution in [2.45, 2.75) is 12.8 Å². The Hall–Kier alpha value is -2.07. The summed E-state index contributed by atoms with van der Waals surface area (Å²) in [5, 5.41) is 0. The smallest absolute Gasteiger partial charge is 0.225 e. The normalized spacial score (nSPS) is 10.6. The molecule has 3 nitrogen and oxygen atoms in total. The number of aryl methyl sites for hydroxylation is 1. The van der Waals surface area contributed by atoms with E-state index in [1.165, 1.54) is 5.56 Å². The highest BCUT2D eigenvalue weighted by atomic mass is 79.9. The van der Waals surface area contributed by atoms with E-state index in [2.05, 4.69) is 45.2 Å². The fourth-order valence-corrected chi connectivity index (χ4v) is 2.58. The Balaban J connectivity index is 1.59. The van der Waals surface area contributed by atoms with Crippen LogP contribution in [0.4, 0.5) is 0 Å². The summed E-state index contributed by atoms with van der Waals surface area (Å²) in [7, 11) is 0. The van der Waals surface area contributed by atoms with E-state index in [0.29, 0.717) is 12.5 Å². The van der Waals surface area contributed by atoms with Crippen molar-refractivity contribution in [2.75, 3.05) is 6.61 Å². The minimum absolute atomic E-state index is 0.599. The molecule has 0 spiro atoms. The minimum Gasteiger partial charge on any atom is -0.492 e. The summed E-state index contributed by atoms with van der Waals surface area (Å²) in [6, 6.07) is 16.3. The van der Waals surface area contributed by atoms with E-state index in [1.807, 2.05) is 24.3 Å². The van der Waals surface area contributed by atoms with Crippen LogP contribution in [0.2, 0.25) is 0 Å². The molecule has 1 heterocycles. The Morgan fingerprint density at radius 1 is 1.09 bits per heavy atom. The van der Waals surface area contributed by atoms with Crippen molar-refractivity contribution in [3.8, 4) is 17.2 Å². The predicted octanol–water partition coefficient (Wildman–Crippen LogP) is 5.12. The van der Waals surface area contributed by atoms with Crippen LogP contribution in [0.25, 0.3) is 11.5 Å². The zero-order chi connectivity index (χ0) is 15.2. The van der Waals surface area contributed by atoms with Crippen LogP contribution < -0.4 is 4.74 Å². The number of oxazole rings is 1. The van der Waals surface area contributed by atoms with Gasteiger partial charge in [0.05, 0.1) is 17.3 Å². The number of aromatic nitrogens is 1. The molecule has 3 aromatic rings. The summed E-state index contributed by atoms with van der Waals surface area (Å²) in [4.78, 5) is 4.16. The average molecular weight is 358 g/mol. The van der Waals surface area contributed by atoms with Gasteiger partial charge in [-0.15, -0.1) is 0 Å². The second-order valence-electron chi connectivity index (χ2n) is 4.92. The van der Waals surface area contributed by atoms with Gasteiger partial charge < -0.3 is 9.15 Å². The van der Waals surface area contributed by atoms with Crippen molar-refractivity contribution in [2.24, 2.45) is 0 Å². The molecule has 0 fully saturated rings. The highest BCUT2D eigenvalue weighted by Crippen LogP contribution is 2.30. The lowest BCUT2D eigenvalue weighted by Crippen LogP contribution is -2.00. The first-order valence-electron chi connectivity index (χ1n) is 7.19. The summed E-state index contributed by atoms with van der Waals surface area (Å²) < 4.78 is 12.1. The summed E-state index contributed by atoms with van der Waals surface area (Å²) in [5.74, 6) is 1.41. The number of benzene rings is 2. The lowest BCUT2D eigenvalue weighted by Gasteiger charge is -2.09. The zero-order valence-corrected chi connectivity index (χ0v) is 13.6. The Labute approximate surface area is 138 Å². The first-order chi connectivity index (χ1) is 10.8. The number of halogens is 1. The summed E-state index contributed by atoms with van der Waals surface area (Å²) in [6.07, 6.45) is 5.19. The van der Waals surface area contributed by atoms with Crippen LogP contribution in [-0.2, 0) is 6.42 Å². The summed E-state index contributed by atoms with van der Waals surface area (Å²) in [6.45, 7) is 0.669. The average Bonchev–Trinajstić information content (AvgIpc) is 3.08. The predicted molar refractivity (Wildman–Crippen MR) is 89.9 cm³/mol. The van der Waals surface area contributed by atoms with Gasteiger partial charge in [-0.2, -0.15) is 0 Å². The van der Waals surface area contributed by atoms with Crippen molar-refractivity contribution in [3.63, 3.8) is 0 Å². The van der Waals surface area contributed by atoms with E-state index in [9.17, 15) is 0 Å². The summed E-state index contributed by atoms with van der Waals surface area (Å²) in [5.41, 5.74) is 2.24. The van der Waals surface area contributed by atoms with E-state index in [0.717, 1.165) is 28.6 Å². The van der Waals surface area contributed by atoms with Gasteiger partial charge in [0, 0.05) is 5.56 Å². The van der Waals surface area contributed by atoms with Gasteiger partial charge in [0.1, 0.15) is 12.0 Å². The molecule has 4 heteroatoms. The Bertz CT molecular complexity index is 711. The van der Waals surface area contributed by atoms with E-state index < -0.39 is 0 Å². The largest absolute Gasteiger partial charge is 0.492 e. The second kappa shape index (κ2) is 7.27. The molecule has 0 aliphatic heterocycles. The van der Waals surface area contributed by atoms with Crippen LogP contribution in [0.1, 0.15) is 12.0 Å². The Morgan fingerprint density at radius 3 is 2.73 bits per heavy atom. The molecule has 0 radical (unpaired) electrons. The van der Waals surface area contributed by atoms with Crippen molar-refractivity contribution in [1.29, 1.82) is 0 Å². The molecule has 1 aromatic heterocycles. The van der Waals surface area contributed by atoms with Crippen LogP contribution in [0.5, 0.6) is 5.75 Å². The van der Waals surface area contributed by atoms with Gasteiger partial charge in [-0.05, 0) is 52.5 Å². The number of ether oxygens (including phenoxy) is 1. The first-order valence-corrected chi connectivity index (χ1v) is 7.98. The quantitative estimate of drug-likeness (QED) is 0.574. The number of hydrogen-bond donors (Lipinski definition) is 0. The van der Waals surface area contributed by atoms with Gasteiger partial charge in [0.25, 0.3) is 0 Å². The molecule has 0 aliphatic rings. The van der Waals surface area contributed by atoms with Crippen LogP contribution in [0, 0.1) is 0 Å². The van der Waals surface area contributed by atoms with Gasteiger partial charge in [-0.25, -0.2) is 4.98 Å². The van der Waals surface area contributed by atoms with E-state index in [-0.39, 0.29) is 0 Å². The molecule has 112 valence electrons. The van der Waals surface area contributed by atoms with Crippen molar-refractivity contribution in [1.82, 2.24) is 4.98 Å². The Kier molecular flexibility index (Phi) is 4.91. The standard InChI is InChI=1S/C18H16BrNO2/c19-16-9-8-15(18-20-10-12-22-18)13-17(16)21-11-4-7-14-5-2-1-3-6-14/h1-3,5-6,8-10,12-13H,4,7,11H2. The minimum atomic E-state index is 0.599. The molecule has 0 N–H and O–H groups in total.